The average Bonchev–Trinajstić information content (AvgIpc) is 2.73. The van der Waals surface area contributed by atoms with Gasteiger partial charge < -0.3 is 0 Å². The van der Waals surface area contributed by atoms with E-state index >= 15 is 0 Å². The van der Waals surface area contributed by atoms with Crippen molar-refractivity contribution in [1.82, 2.24) is 5.43 Å². The molecule has 17 heavy (non-hydrogen) atoms. The van der Waals surface area contributed by atoms with Crippen molar-refractivity contribution in [3.05, 3.63) is 42.5 Å². The van der Waals surface area contributed by atoms with Gasteiger partial charge in [-0.3, -0.25) is 15.2 Å². The molecule has 1 aliphatic rings. The molecule has 90 valence electrons. The summed E-state index contributed by atoms with van der Waals surface area (Å²) in [6, 6.07) is 9.94. The number of hydrogen-bond donors (Lipinski definition) is 1. The number of benzene rings is 1. The molecule has 0 saturated carbocycles. The molecular weight excluding hydrogens is 212 g/mol. The smallest absolute Gasteiger partial charge is 0.243 e. The number of amides is 1. The molecule has 1 unspecified atom stereocenters. The molecule has 2 rings (SSSR count). The van der Waals surface area contributed by atoms with Gasteiger partial charge in [-0.25, -0.2) is 0 Å². The fraction of sp³-hybridized carbons (Fsp3) is 0.357. The van der Waals surface area contributed by atoms with Crippen LogP contribution in [0.15, 0.2) is 42.5 Å². The Labute approximate surface area is 102 Å². The Bertz CT molecular complexity index is 400. The van der Waals surface area contributed by atoms with Crippen molar-refractivity contribution >= 4 is 11.6 Å². The number of carbonyl (C=O) groups excluding carboxylic acids is 1. The molecule has 1 amide bonds. The second-order valence-electron chi connectivity index (χ2n) is 4.23. The van der Waals surface area contributed by atoms with Crippen LogP contribution in [0.25, 0.3) is 0 Å². The number of rotatable bonds is 4. The van der Waals surface area contributed by atoms with E-state index in [1.807, 2.05) is 35.3 Å². The summed E-state index contributed by atoms with van der Waals surface area (Å²) in [4.78, 5) is 11.8. The van der Waals surface area contributed by atoms with Crippen LogP contribution in [0.3, 0.4) is 0 Å². The number of hydrazine groups is 1. The maximum atomic E-state index is 11.8. The number of nitrogens with one attached hydrogen (secondary N) is 1. The summed E-state index contributed by atoms with van der Waals surface area (Å²) in [7, 11) is 0. The third-order valence-electron chi connectivity index (χ3n) is 2.91. The molecule has 1 atom stereocenters. The monoisotopic (exact) mass is 230 g/mol. The van der Waals surface area contributed by atoms with Crippen molar-refractivity contribution in [2.45, 2.75) is 19.8 Å². The Morgan fingerprint density at radius 2 is 2.12 bits per heavy atom. The molecule has 0 bridgehead atoms. The minimum atomic E-state index is 0.0676. The SMILES string of the molecule is CCC=CCC1CN(c2ccccc2)NC1=O. The van der Waals surface area contributed by atoms with E-state index in [9.17, 15) is 4.79 Å². The lowest BCUT2D eigenvalue weighted by Crippen LogP contribution is -2.32. The minimum Gasteiger partial charge on any atom is -0.285 e. The Morgan fingerprint density at radius 3 is 2.82 bits per heavy atom. The lowest BCUT2D eigenvalue weighted by molar-refractivity contribution is -0.122. The van der Waals surface area contributed by atoms with Gasteiger partial charge in [0.15, 0.2) is 0 Å². The lowest BCUT2D eigenvalue weighted by Gasteiger charge is -2.16. The van der Waals surface area contributed by atoms with Gasteiger partial charge in [-0.1, -0.05) is 37.3 Å². The van der Waals surface area contributed by atoms with Crippen LogP contribution in [0.2, 0.25) is 0 Å². The highest BCUT2D eigenvalue weighted by atomic mass is 16.2. The molecule has 0 aromatic heterocycles. The van der Waals surface area contributed by atoms with Gasteiger partial charge in [0.2, 0.25) is 5.91 Å². The second kappa shape index (κ2) is 5.53. The van der Waals surface area contributed by atoms with Crippen LogP contribution in [0.1, 0.15) is 19.8 Å². The van der Waals surface area contributed by atoms with Crippen molar-refractivity contribution in [2.24, 2.45) is 5.92 Å². The van der Waals surface area contributed by atoms with E-state index in [0.717, 1.165) is 25.1 Å². The van der Waals surface area contributed by atoms with Crippen molar-refractivity contribution in [2.75, 3.05) is 11.6 Å². The second-order valence-corrected chi connectivity index (χ2v) is 4.23. The van der Waals surface area contributed by atoms with Crippen molar-refractivity contribution in [3.63, 3.8) is 0 Å². The number of hydrogen-bond acceptors (Lipinski definition) is 2. The number of anilines is 1. The van der Waals surface area contributed by atoms with Crippen LogP contribution in [-0.2, 0) is 4.79 Å². The molecule has 1 N–H and O–H groups in total. The quantitative estimate of drug-likeness (QED) is 0.806. The average molecular weight is 230 g/mol. The van der Waals surface area contributed by atoms with E-state index < -0.39 is 0 Å². The van der Waals surface area contributed by atoms with Gasteiger partial charge in [-0.2, -0.15) is 0 Å². The Balaban J connectivity index is 1.97. The normalized spacial score (nSPS) is 19.9. The maximum absolute atomic E-state index is 11.8. The summed E-state index contributed by atoms with van der Waals surface area (Å²) >= 11 is 0. The fourth-order valence-electron chi connectivity index (χ4n) is 1.96. The van der Waals surface area contributed by atoms with Crippen LogP contribution in [0, 0.1) is 5.92 Å². The maximum Gasteiger partial charge on any atom is 0.243 e. The van der Waals surface area contributed by atoms with Gasteiger partial charge in [-0.05, 0) is 25.0 Å². The summed E-state index contributed by atoms with van der Waals surface area (Å²) in [5, 5.41) is 1.92. The molecule has 1 saturated heterocycles. The highest BCUT2D eigenvalue weighted by molar-refractivity contribution is 5.84. The van der Waals surface area contributed by atoms with E-state index in [0.29, 0.717) is 0 Å². The zero-order valence-electron chi connectivity index (χ0n) is 10.1. The highest BCUT2D eigenvalue weighted by Gasteiger charge is 2.29. The molecule has 1 heterocycles. The van der Waals surface area contributed by atoms with Crippen LogP contribution < -0.4 is 10.4 Å². The highest BCUT2D eigenvalue weighted by Crippen LogP contribution is 2.20. The molecule has 1 fully saturated rings. The van der Waals surface area contributed by atoms with E-state index in [-0.39, 0.29) is 11.8 Å². The molecule has 1 aliphatic heterocycles. The van der Waals surface area contributed by atoms with Crippen molar-refractivity contribution < 1.29 is 4.79 Å². The Hall–Kier alpha value is -1.77. The topological polar surface area (TPSA) is 32.3 Å². The Morgan fingerprint density at radius 1 is 1.35 bits per heavy atom. The van der Waals surface area contributed by atoms with Gasteiger partial charge in [0.05, 0.1) is 18.2 Å². The van der Waals surface area contributed by atoms with E-state index in [1.54, 1.807) is 0 Å². The van der Waals surface area contributed by atoms with Crippen LogP contribution >= 0.6 is 0 Å². The molecule has 0 radical (unpaired) electrons. The summed E-state index contributed by atoms with van der Waals surface area (Å²) in [6.45, 7) is 2.85. The summed E-state index contributed by atoms with van der Waals surface area (Å²) in [6.07, 6.45) is 6.05. The van der Waals surface area contributed by atoms with Gasteiger partial charge >= 0.3 is 0 Å². The Kier molecular flexibility index (Phi) is 3.81. The first-order chi connectivity index (χ1) is 8.31. The zero-order chi connectivity index (χ0) is 12.1. The predicted octanol–water partition coefficient (Wildman–Crippen LogP) is 2.51. The van der Waals surface area contributed by atoms with E-state index in [1.165, 1.54) is 0 Å². The molecule has 1 aromatic carbocycles. The fourth-order valence-corrected chi connectivity index (χ4v) is 1.96. The van der Waals surface area contributed by atoms with E-state index in [2.05, 4.69) is 24.5 Å². The van der Waals surface area contributed by atoms with Crippen LogP contribution in [0.4, 0.5) is 5.69 Å². The first-order valence-corrected chi connectivity index (χ1v) is 6.09. The number of para-hydroxylation sites is 1. The summed E-state index contributed by atoms with van der Waals surface area (Å²) in [5.41, 5.74) is 3.95. The van der Waals surface area contributed by atoms with Crippen LogP contribution in [-0.4, -0.2) is 12.5 Å². The van der Waals surface area contributed by atoms with Gasteiger partial charge in [0.25, 0.3) is 0 Å². The predicted molar refractivity (Wildman–Crippen MR) is 69.5 cm³/mol. The van der Waals surface area contributed by atoms with Crippen LogP contribution in [0.5, 0.6) is 0 Å². The molecule has 1 aromatic rings. The molecule has 0 aliphatic carbocycles. The largest absolute Gasteiger partial charge is 0.285 e. The molecule has 3 nitrogen and oxygen atoms in total. The number of carbonyl (C=O) groups is 1. The number of allylic oxidation sites excluding steroid dienone is 2. The summed E-state index contributed by atoms with van der Waals surface area (Å²) < 4.78 is 0. The zero-order valence-corrected chi connectivity index (χ0v) is 10.1. The van der Waals surface area contributed by atoms with Gasteiger partial charge in [-0.15, -0.1) is 0 Å². The molecule has 3 heteroatoms. The molecular formula is C14H18N2O. The lowest BCUT2D eigenvalue weighted by atomic mass is 10.1. The van der Waals surface area contributed by atoms with Crippen molar-refractivity contribution in [3.8, 4) is 0 Å². The minimum absolute atomic E-state index is 0.0676. The third-order valence-corrected chi connectivity index (χ3v) is 2.91. The van der Waals surface area contributed by atoms with Gasteiger partial charge in [0, 0.05) is 0 Å². The van der Waals surface area contributed by atoms with Gasteiger partial charge in [0.1, 0.15) is 0 Å². The first-order valence-electron chi connectivity index (χ1n) is 6.09. The summed E-state index contributed by atoms with van der Waals surface area (Å²) in [5.74, 6) is 0.188. The molecule has 0 spiro atoms. The first kappa shape index (κ1) is 11.7. The van der Waals surface area contributed by atoms with E-state index in [4.69, 9.17) is 0 Å². The third kappa shape index (κ3) is 2.87. The standard InChI is InChI=1S/C14H18N2O/c1-2-3-5-8-12-11-16(15-14(12)17)13-9-6-4-7-10-13/h3-7,9-10,12H,2,8,11H2,1H3,(H,15,17). The van der Waals surface area contributed by atoms with Crippen molar-refractivity contribution in [1.29, 1.82) is 0 Å². The number of nitrogens with zero attached hydrogens (tertiary/aromatic N) is 1.